The molecule has 1 rings (SSSR count). The lowest BCUT2D eigenvalue weighted by Gasteiger charge is -2.36. The van der Waals surface area contributed by atoms with E-state index < -0.39 is 30.4 Å². The summed E-state index contributed by atoms with van der Waals surface area (Å²) < 4.78 is 10.3. The average Bonchev–Trinajstić information content (AvgIpc) is 2.71. The van der Waals surface area contributed by atoms with Gasteiger partial charge in [0.25, 0.3) is 0 Å². The molecular weight excluding hydrogens is 372 g/mol. The number of ether oxygens (including phenoxy) is 2. The summed E-state index contributed by atoms with van der Waals surface area (Å²) in [5.41, 5.74) is 0. The highest BCUT2D eigenvalue weighted by atomic mass is 16.6. The van der Waals surface area contributed by atoms with Crippen LogP contribution in [0.5, 0.6) is 0 Å². The maximum absolute atomic E-state index is 12.0. The molecule has 3 N–H and O–H groups in total. The van der Waals surface area contributed by atoms with Crippen LogP contribution in [-0.4, -0.2) is 58.9 Å². The van der Waals surface area contributed by atoms with Gasteiger partial charge >= 0.3 is 5.97 Å². The van der Waals surface area contributed by atoms with E-state index in [1.165, 1.54) is 70.6 Å². The van der Waals surface area contributed by atoms with E-state index in [9.17, 15) is 15.0 Å². The molecule has 0 aromatic heterocycles. The lowest BCUT2D eigenvalue weighted by atomic mass is 10.0. The quantitative estimate of drug-likeness (QED) is 0.246. The summed E-state index contributed by atoms with van der Waals surface area (Å²) >= 11 is 0. The van der Waals surface area contributed by atoms with E-state index in [1.54, 1.807) is 0 Å². The van der Waals surface area contributed by atoms with Crippen molar-refractivity contribution in [3.63, 3.8) is 0 Å². The molecular formula is C23H44O6. The summed E-state index contributed by atoms with van der Waals surface area (Å²) in [7, 11) is 0. The van der Waals surface area contributed by atoms with Gasteiger partial charge in [-0.15, -0.1) is 0 Å². The lowest BCUT2D eigenvalue weighted by molar-refractivity contribution is -0.213. The molecule has 1 saturated heterocycles. The van der Waals surface area contributed by atoms with Gasteiger partial charge in [-0.2, -0.15) is 0 Å². The number of hydrogen-bond acceptors (Lipinski definition) is 6. The highest BCUT2D eigenvalue weighted by molar-refractivity contribution is 5.69. The summed E-state index contributed by atoms with van der Waals surface area (Å²) in [6.45, 7) is 1.82. The smallest absolute Gasteiger partial charge is 0.306 e. The third-order valence-corrected chi connectivity index (χ3v) is 5.76. The zero-order valence-electron chi connectivity index (χ0n) is 18.4. The Bertz CT molecular complexity index is 403. The molecule has 172 valence electrons. The van der Waals surface area contributed by atoms with Gasteiger partial charge in [-0.25, -0.2) is 0 Å². The molecule has 1 heterocycles. The molecule has 0 amide bonds. The Kier molecular flexibility index (Phi) is 15.5. The molecule has 0 spiro atoms. The number of carbonyl (C=O) groups excluding carboxylic acids is 1. The summed E-state index contributed by atoms with van der Waals surface area (Å²) in [5, 5.41) is 29.0. The molecule has 0 saturated carbocycles. The van der Waals surface area contributed by atoms with Crippen LogP contribution in [0, 0.1) is 0 Å². The van der Waals surface area contributed by atoms with Crippen molar-refractivity contribution in [3.8, 4) is 0 Å². The Morgan fingerprint density at radius 3 is 1.83 bits per heavy atom. The van der Waals surface area contributed by atoms with E-state index in [1.807, 2.05) is 0 Å². The highest BCUT2D eigenvalue weighted by Gasteiger charge is 2.40. The molecule has 0 aromatic carbocycles. The van der Waals surface area contributed by atoms with Crippen LogP contribution in [0.2, 0.25) is 0 Å². The van der Waals surface area contributed by atoms with Gasteiger partial charge in [0, 0.05) is 6.42 Å². The number of aliphatic hydroxyl groups is 3. The van der Waals surface area contributed by atoms with Crippen LogP contribution < -0.4 is 0 Å². The first-order valence-electron chi connectivity index (χ1n) is 11.9. The number of rotatable bonds is 17. The van der Waals surface area contributed by atoms with Crippen molar-refractivity contribution in [2.45, 2.75) is 128 Å². The molecule has 0 bridgehead atoms. The predicted octanol–water partition coefficient (Wildman–Crippen LogP) is 3.88. The van der Waals surface area contributed by atoms with Gasteiger partial charge in [0.05, 0.1) is 13.2 Å². The molecule has 6 heteroatoms. The van der Waals surface area contributed by atoms with Crippen LogP contribution in [-0.2, 0) is 14.3 Å². The third-order valence-electron chi connectivity index (χ3n) is 5.76. The van der Waals surface area contributed by atoms with E-state index in [4.69, 9.17) is 14.6 Å². The topological polar surface area (TPSA) is 96.2 Å². The van der Waals surface area contributed by atoms with Gasteiger partial charge in [0.15, 0.2) is 6.10 Å². The summed E-state index contributed by atoms with van der Waals surface area (Å²) in [5.74, 6) is -0.411. The summed E-state index contributed by atoms with van der Waals surface area (Å²) in [6, 6.07) is 0. The fraction of sp³-hybridized carbons (Fsp3) is 0.957. The Labute approximate surface area is 177 Å². The minimum absolute atomic E-state index is 0.0565. The van der Waals surface area contributed by atoms with Crippen LogP contribution in [0.25, 0.3) is 0 Å². The molecule has 29 heavy (non-hydrogen) atoms. The molecule has 0 aliphatic carbocycles. The lowest BCUT2D eigenvalue weighted by Crippen LogP contribution is -2.55. The summed E-state index contributed by atoms with van der Waals surface area (Å²) in [6.07, 6.45) is 13.8. The maximum atomic E-state index is 12.0. The first-order chi connectivity index (χ1) is 14.1. The number of hydrogen-bond donors (Lipinski definition) is 3. The van der Waals surface area contributed by atoms with E-state index in [2.05, 4.69) is 6.92 Å². The molecule has 1 fully saturated rings. The molecule has 4 atom stereocenters. The predicted molar refractivity (Wildman–Crippen MR) is 114 cm³/mol. The van der Waals surface area contributed by atoms with Crippen molar-refractivity contribution in [2.75, 3.05) is 13.2 Å². The molecule has 0 unspecified atom stereocenters. The Morgan fingerprint density at radius 2 is 1.34 bits per heavy atom. The Balaban J connectivity index is 1.94. The van der Waals surface area contributed by atoms with Gasteiger partial charge in [0.1, 0.15) is 18.3 Å². The second kappa shape index (κ2) is 17.0. The molecule has 1 aliphatic heterocycles. The number of aliphatic hydroxyl groups excluding tert-OH is 3. The van der Waals surface area contributed by atoms with Crippen molar-refractivity contribution < 1.29 is 29.6 Å². The van der Waals surface area contributed by atoms with Gasteiger partial charge in [-0.05, 0) is 6.42 Å². The van der Waals surface area contributed by atoms with Gasteiger partial charge < -0.3 is 24.8 Å². The third kappa shape index (κ3) is 11.9. The normalized spacial score (nSPS) is 24.6. The Hall–Kier alpha value is -0.690. The maximum Gasteiger partial charge on any atom is 0.306 e. The zero-order valence-corrected chi connectivity index (χ0v) is 18.4. The second-order valence-corrected chi connectivity index (χ2v) is 8.41. The second-order valence-electron chi connectivity index (χ2n) is 8.41. The van der Waals surface area contributed by atoms with Crippen LogP contribution in [0.4, 0.5) is 0 Å². The van der Waals surface area contributed by atoms with E-state index in [0.717, 1.165) is 19.3 Å². The van der Waals surface area contributed by atoms with Crippen LogP contribution in [0.1, 0.15) is 103 Å². The van der Waals surface area contributed by atoms with Crippen molar-refractivity contribution >= 4 is 5.97 Å². The molecule has 1 aliphatic rings. The molecule has 0 radical (unpaired) electrons. The van der Waals surface area contributed by atoms with Crippen molar-refractivity contribution in [1.82, 2.24) is 0 Å². The van der Waals surface area contributed by atoms with Crippen molar-refractivity contribution in [3.05, 3.63) is 0 Å². The van der Waals surface area contributed by atoms with E-state index in [-0.39, 0.29) is 13.2 Å². The number of esters is 1. The van der Waals surface area contributed by atoms with Crippen LogP contribution in [0.15, 0.2) is 0 Å². The zero-order chi connectivity index (χ0) is 21.3. The average molecular weight is 417 g/mol. The fourth-order valence-corrected chi connectivity index (χ4v) is 3.84. The van der Waals surface area contributed by atoms with E-state index >= 15 is 0 Å². The SMILES string of the molecule is CCCCCCCCCCCCCCCCC(=O)O[C@H]1[C@H](O)[C@@H](CO)OC[C@H]1O. The van der Waals surface area contributed by atoms with Crippen LogP contribution >= 0.6 is 0 Å². The van der Waals surface area contributed by atoms with Crippen LogP contribution in [0.3, 0.4) is 0 Å². The van der Waals surface area contributed by atoms with Gasteiger partial charge in [-0.1, -0.05) is 90.4 Å². The first-order valence-corrected chi connectivity index (χ1v) is 11.9. The minimum atomic E-state index is -1.20. The van der Waals surface area contributed by atoms with Gasteiger partial charge in [-0.3, -0.25) is 4.79 Å². The molecule has 6 nitrogen and oxygen atoms in total. The number of carbonyl (C=O) groups is 1. The summed E-state index contributed by atoms with van der Waals surface area (Å²) in [4.78, 5) is 12.0. The van der Waals surface area contributed by atoms with Crippen molar-refractivity contribution in [2.24, 2.45) is 0 Å². The first kappa shape index (κ1) is 26.3. The van der Waals surface area contributed by atoms with Gasteiger partial charge in [0.2, 0.25) is 0 Å². The fourth-order valence-electron chi connectivity index (χ4n) is 3.84. The largest absolute Gasteiger partial charge is 0.457 e. The standard InChI is InChI=1S/C23H44O6/c1-2-3-4-5-6-7-8-9-10-11-12-13-14-15-16-21(26)29-23-19(25)18-28-20(17-24)22(23)27/h19-20,22-25,27H,2-18H2,1H3/t19-,20-,22-,23-/m1/s1. The highest BCUT2D eigenvalue weighted by Crippen LogP contribution is 2.20. The van der Waals surface area contributed by atoms with E-state index in [0.29, 0.717) is 6.42 Å². The molecule has 0 aromatic rings. The Morgan fingerprint density at radius 1 is 0.862 bits per heavy atom. The monoisotopic (exact) mass is 416 g/mol. The number of unbranched alkanes of at least 4 members (excludes halogenated alkanes) is 13. The minimum Gasteiger partial charge on any atom is -0.457 e. The van der Waals surface area contributed by atoms with Crippen molar-refractivity contribution in [1.29, 1.82) is 0 Å².